The van der Waals surface area contributed by atoms with Crippen LogP contribution in [0.3, 0.4) is 0 Å². The standard InChI is InChI=1S/C11H14N2O3/c1-15-9-5-3-4-7(10(9)16-2)8-6-12-11(14)13-8/h3-5,8H,6H2,1-2H3,(H2,12,13,14)/t8-/m0/s1. The molecule has 1 saturated heterocycles. The van der Waals surface area contributed by atoms with E-state index >= 15 is 0 Å². The maximum Gasteiger partial charge on any atom is 0.315 e. The molecule has 0 saturated carbocycles. The molecule has 0 aromatic heterocycles. The first-order valence-corrected chi connectivity index (χ1v) is 5.01. The average molecular weight is 222 g/mol. The number of hydrogen-bond acceptors (Lipinski definition) is 3. The first kappa shape index (κ1) is 10.6. The van der Waals surface area contributed by atoms with Gasteiger partial charge in [0.2, 0.25) is 0 Å². The fourth-order valence-corrected chi connectivity index (χ4v) is 1.83. The summed E-state index contributed by atoms with van der Waals surface area (Å²) in [6.45, 7) is 0.558. The molecule has 5 heteroatoms. The third-order valence-corrected chi connectivity index (χ3v) is 2.58. The lowest BCUT2D eigenvalue weighted by Gasteiger charge is -2.16. The molecule has 1 heterocycles. The van der Waals surface area contributed by atoms with Crippen molar-refractivity contribution in [3.05, 3.63) is 23.8 Å². The molecule has 1 aromatic carbocycles. The van der Waals surface area contributed by atoms with E-state index in [4.69, 9.17) is 9.47 Å². The van der Waals surface area contributed by atoms with E-state index in [1.807, 2.05) is 18.2 Å². The van der Waals surface area contributed by atoms with Crippen molar-refractivity contribution in [2.24, 2.45) is 0 Å². The predicted octanol–water partition coefficient (Wildman–Crippen LogP) is 1.06. The molecular weight excluding hydrogens is 208 g/mol. The number of amides is 2. The summed E-state index contributed by atoms with van der Waals surface area (Å²) in [6, 6.07) is 5.39. The topological polar surface area (TPSA) is 59.6 Å². The van der Waals surface area contributed by atoms with Gasteiger partial charge >= 0.3 is 6.03 Å². The molecular formula is C11H14N2O3. The van der Waals surface area contributed by atoms with Gasteiger partial charge in [-0.05, 0) is 6.07 Å². The van der Waals surface area contributed by atoms with Crippen LogP contribution in [0.25, 0.3) is 0 Å². The van der Waals surface area contributed by atoms with Crippen molar-refractivity contribution in [3.63, 3.8) is 0 Å². The van der Waals surface area contributed by atoms with E-state index in [2.05, 4.69) is 10.6 Å². The number of para-hydroxylation sites is 1. The second-order valence-electron chi connectivity index (χ2n) is 3.49. The number of methoxy groups -OCH3 is 2. The number of carbonyl (C=O) groups excluding carboxylic acids is 1. The minimum Gasteiger partial charge on any atom is -0.493 e. The number of benzene rings is 1. The number of hydrogen-bond donors (Lipinski definition) is 2. The second kappa shape index (κ2) is 4.30. The summed E-state index contributed by atoms with van der Waals surface area (Å²) in [7, 11) is 3.18. The molecule has 16 heavy (non-hydrogen) atoms. The SMILES string of the molecule is COc1cccc([C@@H]2CNC(=O)N2)c1OC. The summed E-state index contributed by atoms with van der Waals surface area (Å²) >= 11 is 0. The molecule has 0 radical (unpaired) electrons. The van der Waals surface area contributed by atoms with Crippen LogP contribution in [0.2, 0.25) is 0 Å². The fourth-order valence-electron chi connectivity index (χ4n) is 1.83. The Hall–Kier alpha value is -1.91. The van der Waals surface area contributed by atoms with Crippen LogP contribution in [0.1, 0.15) is 11.6 Å². The third kappa shape index (κ3) is 1.76. The van der Waals surface area contributed by atoms with Crippen molar-refractivity contribution >= 4 is 6.03 Å². The number of ether oxygens (including phenoxy) is 2. The lowest BCUT2D eigenvalue weighted by atomic mass is 10.1. The van der Waals surface area contributed by atoms with Crippen LogP contribution < -0.4 is 20.1 Å². The Labute approximate surface area is 93.7 Å². The zero-order valence-corrected chi connectivity index (χ0v) is 9.24. The van der Waals surface area contributed by atoms with Crippen molar-refractivity contribution < 1.29 is 14.3 Å². The molecule has 5 nitrogen and oxygen atoms in total. The zero-order chi connectivity index (χ0) is 11.5. The van der Waals surface area contributed by atoms with Crippen LogP contribution in [0.15, 0.2) is 18.2 Å². The second-order valence-corrected chi connectivity index (χ2v) is 3.49. The van der Waals surface area contributed by atoms with E-state index in [9.17, 15) is 4.79 Å². The number of carbonyl (C=O) groups is 1. The normalized spacial score (nSPS) is 18.9. The van der Waals surface area contributed by atoms with E-state index in [-0.39, 0.29) is 12.1 Å². The van der Waals surface area contributed by atoms with Gasteiger partial charge < -0.3 is 20.1 Å². The zero-order valence-electron chi connectivity index (χ0n) is 9.24. The lowest BCUT2D eigenvalue weighted by Crippen LogP contribution is -2.22. The number of nitrogens with one attached hydrogen (secondary N) is 2. The molecule has 2 amide bonds. The summed E-state index contributed by atoms with van der Waals surface area (Å²) in [5.41, 5.74) is 0.917. The maximum absolute atomic E-state index is 11.1. The molecule has 1 fully saturated rings. The molecule has 2 rings (SSSR count). The van der Waals surface area contributed by atoms with Gasteiger partial charge in [0, 0.05) is 12.1 Å². The summed E-state index contributed by atoms with van der Waals surface area (Å²) in [5.74, 6) is 1.33. The Morgan fingerprint density at radius 3 is 2.69 bits per heavy atom. The molecule has 1 aromatic rings. The molecule has 2 N–H and O–H groups in total. The Morgan fingerprint density at radius 2 is 2.12 bits per heavy atom. The van der Waals surface area contributed by atoms with Gasteiger partial charge in [-0.15, -0.1) is 0 Å². The smallest absolute Gasteiger partial charge is 0.315 e. The monoisotopic (exact) mass is 222 g/mol. The van der Waals surface area contributed by atoms with Gasteiger partial charge in [-0.1, -0.05) is 12.1 Å². The van der Waals surface area contributed by atoms with Gasteiger partial charge in [-0.25, -0.2) is 4.79 Å². The van der Waals surface area contributed by atoms with Crippen molar-refractivity contribution in [2.75, 3.05) is 20.8 Å². The van der Waals surface area contributed by atoms with Crippen LogP contribution >= 0.6 is 0 Å². The molecule has 1 atom stereocenters. The van der Waals surface area contributed by atoms with Crippen molar-refractivity contribution in [3.8, 4) is 11.5 Å². The Balaban J connectivity index is 2.36. The van der Waals surface area contributed by atoms with Gasteiger partial charge in [0.1, 0.15) is 0 Å². The molecule has 1 aliphatic rings. The maximum atomic E-state index is 11.1. The van der Waals surface area contributed by atoms with Crippen LogP contribution in [0.4, 0.5) is 4.79 Å². The molecule has 0 aliphatic carbocycles. The highest BCUT2D eigenvalue weighted by Gasteiger charge is 2.25. The summed E-state index contributed by atoms with van der Waals surface area (Å²) < 4.78 is 10.5. The van der Waals surface area contributed by atoms with E-state index < -0.39 is 0 Å². The van der Waals surface area contributed by atoms with Crippen LogP contribution in [-0.2, 0) is 0 Å². The average Bonchev–Trinajstić information content (AvgIpc) is 2.74. The Kier molecular flexibility index (Phi) is 2.85. The lowest BCUT2D eigenvalue weighted by molar-refractivity contribution is 0.247. The van der Waals surface area contributed by atoms with E-state index in [1.165, 1.54) is 0 Å². The van der Waals surface area contributed by atoms with Gasteiger partial charge in [-0.3, -0.25) is 0 Å². The van der Waals surface area contributed by atoms with Crippen LogP contribution in [0, 0.1) is 0 Å². The van der Waals surface area contributed by atoms with Crippen LogP contribution in [0.5, 0.6) is 11.5 Å². The summed E-state index contributed by atoms with van der Waals surface area (Å²) in [4.78, 5) is 11.1. The molecule has 86 valence electrons. The molecule has 0 spiro atoms. The molecule has 1 aliphatic heterocycles. The highest BCUT2D eigenvalue weighted by molar-refractivity contribution is 5.77. The van der Waals surface area contributed by atoms with Crippen LogP contribution in [-0.4, -0.2) is 26.8 Å². The van der Waals surface area contributed by atoms with Gasteiger partial charge in [0.25, 0.3) is 0 Å². The van der Waals surface area contributed by atoms with Gasteiger partial charge in [0.05, 0.1) is 20.3 Å². The van der Waals surface area contributed by atoms with Crippen molar-refractivity contribution in [1.29, 1.82) is 0 Å². The van der Waals surface area contributed by atoms with E-state index in [0.717, 1.165) is 5.56 Å². The minimum atomic E-state index is -0.158. The third-order valence-electron chi connectivity index (χ3n) is 2.58. The van der Waals surface area contributed by atoms with E-state index in [1.54, 1.807) is 14.2 Å². The van der Waals surface area contributed by atoms with Gasteiger partial charge in [-0.2, -0.15) is 0 Å². The summed E-state index contributed by atoms with van der Waals surface area (Å²) in [6.07, 6.45) is 0. The molecule has 0 bridgehead atoms. The van der Waals surface area contributed by atoms with Crippen molar-refractivity contribution in [2.45, 2.75) is 6.04 Å². The molecule has 0 unspecified atom stereocenters. The van der Waals surface area contributed by atoms with Gasteiger partial charge in [0.15, 0.2) is 11.5 Å². The highest BCUT2D eigenvalue weighted by Crippen LogP contribution is 2.34. The summed E-state index contributed by atoms with van der Waals surface area (Å²) in [5, 5.41) is 5.52. The van der Waals surface area contributed by atoms with E-state index in [0.29, 0.717) is 18.0 Å². The fraction of sp³-hybridized carbons (Fsp3) is 0.364. The Morgan fingerprint density at radius 1 is 1.31 bits per heavy atom. The first-order valence-electron chi connectivity index (χ1n) is 5.01. The predicted molar refractivity (Wildman–Crippen MR) is 58.8 cm³/mol. The minimum absolute atomic E-state index is 0.0717. The largest absolute Gasteiger partial charge is 0.493 e. The number of urea groups is 1. The number of rotatable bonds is 3. The van der Waals surface area contributed by atoms with Crippen molar-refractivity contribution in [1.82, 2.24) is 10.6 Å². The highest BCUT2D eigenvalue weighted by atomic mass is 16.5. The first-order chi connectivity index (χ1) is 7.76. The quantitative estimate of drug-likeness (QED) is 0.803. The Bertz CT molecular complexity index is 406.